The lowest BCUT2D eigenvalue weighted by Crippen LogP contribution is -2.28. The molecule has 7 heteroatoms. The van der Waals surface area contributed by atoms with E-state index in [1.807, 2.05) is 0 Å². The van der Waals surface area contributed by atoms with Gasteiger partial charge in [-0.15, -0.1) is 0 Å². The highest BCUT2D eigenvalue weighted by molar-refractivity contribution is 5.57. The monoisotopic (exact) mass is 295 g/mol. The highest BCUT2D eigenvalue weighted by atomic mass is 16.6. The maximum atomic E-state index is 11.1. The molecule has 0 atom stereocenters. The Bertz CT molecular complexity index is 499. The fourth-order valence-electron chi connectivity index (χ4n) is 2.38. The molecule has 0 unspecified atom stereocenters. The number of rotatable bonds is 9. The molecule has 116 valence electrons. The van der Waals surface area contributed by atoms with Crippen molar-refractivity contribution < 1.29 is 9.85 Å². The number of hydrogen-bond donors (Lipinski definition) is 0. The van der Waals surface area contributed by atoms with Gasteiger partial charge < -0.3 is 4.90 Å². The summed E-state index contributed by atoms with van der Waals surface area (Å²) in [6.45, 7) is 6.69. The first kappa shape index (κ1) is 17.0. The molecule has 0 aliphatic carbocycles. The van der Waals surface area contributed by atoms with Crippen molar-refractivity contribution in [2.24, 2.45) is 0 Å². The summed E-state index contributed by atoms with van der Waals surface area (Å²) in [6.07, 6.45) is 2.46. The molecule has 0 fully saturated rings. The van der Waals surface area contributed by atoms with E-state index in [1.54, 1.807) is 6.07 Å². The van der Waals surface area contributed by atoms with E-state index in [4.69, 9.17) is 0 Å². The Kier molecular flexibility index (Phi) is 6.74. The summed E-state index contributed by atoms with van der Waals surface area (Å²) in [5.41, 5.74) is -0.392. The normalized spacial score (nSPS) is 10.8. The third kappa shape index (κ3) is 4.78. The molecule has 0 aliphatic heterocycles. The van der Waals surface area contributed by atoms with Crippen molar-refractivity contribution in [3.05, 3.63) is 44.0 Å². The number of nitro benzene ring substituents is 2. The fraction of sp³-hybridized carbons (Fsp3) is 0.571. The molecule has 0 heterocycles. The molecule has 0 bridgehead atoms. The largest absolute Gasteiger partial charge is 0.349 e. The molecule has 7 nitrogen and oxygen atoms in total. The topological polar surface area (TPSA) is 89.5 Å². The molecule has 0 amide bonds. The molecule has 0 N–H and O–H groups in total. The number of nitro groups is 2. The van der Waals surface area contributed by atoms with E-state index in [-0.39, 0.29) is 5.69 Å². The molecule has 1 aromatic rings. The van der Waals surface area contributed by atoms with E-state index in [9.17, 15) is 20.2 Å². The number of benzene rings is 1. The van der Waals surface area contributed by atoms with Crippen LogP contribution in [0.25, 0.3) is 0 Å². The number of hydrogen-bond acceptors (Lipinski definition) is 5. The predicted octanol–water partition coefficient (Wildman–Crippen LogP) is 3.17. The van der Waals surface area contributed by atoms with Crippen LogP contribution in [-0.4, -0.2) is 34.4 Å². The van der Waals surface area contributed by atoms with Gasteiger partial charge in [0.2, 0.25) is 0 Å². The van der Waals surface area contributed by atoms with E-state index in [2.05, 4.69) is 18.7 Å². The summed E-state index contributed by atoms with van der Waals surface area (Å²) in [5.74, 6) is 0. The second-order valence-corrected chi connectivity index (χ2v) is 4.89. The smallest absolute Gasteiger partial charge is 0.303 e. The first-order valence-electron chi connectivity index (χ1n) is 7.14. The quantitative estimate of drug-likeness (QED) is 0.515. The van der Waals surface area contributed by atoms with Crippen LogP contribution in [0.3, 0.4) is 0 Å². The van der Waals surface area contributed by atoms with Crippen LogP contribution < -0.4 is 0 Å². The van der Waals surface area contributed by atoms with Crippen LogP contribution in [0.1, 0.15) is 32.3 Å². The molecule has 0 aliphatic rings. The molecule has 0 radical (unpaired) electrons. The fourth-order valence-corrected chi connectivity index (χ4v) is 2.38. The Morgan fingerprint density at radius 1 is 1.00 bits per heavy atom. The minimum absolute atomic E-state index is 0.379. The van der Waals surface area contributed by atoms with Gasteiger partial charge in [0.15, 0.2) is 0 Å². The van der Waals surface area contributed by atoms with Crippen molar-refractivity contribution in [2.45, 2.75) is 33.1 Å². The van der Waals surface area contributed by atoms with Crippen molar-refractivity contribution in [1.82, 2.24) is 4.90 Å². The Morgan fingerprint density at radius 3 is 2.10 bits per heavy atom. The SMILES string of the molecule is CCCN(CCC)CCc1cccc([N+](=O)[O-])c1[N+](=O)[O-]. The molecule has 21 heavy (non-hydrogen) atoms. The first-order valence-corrected chi connectivity index (χ1v) is 7.14. The highest BCUT2D eigenvalue weighted by Crippen LogP contribution is 2.30. The van der Waals surface area contributed by atoms with Crippen LogP contribution in [0.15, 0.2) is 18.2 Å². The summed E-state index contributed by atoms with van der Waals surface area (Å²) in [7, 11) is 0. The molecule has 0 saturated carbocycles. The summed E-state index contributed by atoms with van der Waals surface area (Å²) >= 11 is 0. The van der Waals surface area contributed by atoms with Crippen LogP contribution in [0.5, 0.6) is 0 Å². The molecule has 0 saturated heterocycles. The number of nitrogens with zero attached hydrogens (tertiary/aromatic N) is 3. The average molecular weight is 295 g/mol. The van der Waals surface area contributed by atoms with Gasteiger partial charge in [0.1, 0.15) is 0 Å². The van der Waals surface area contributed by atoms with Crippen molar-refractivity contribution in [3.63, 3.8) is 0 Å². The summed E-state index contributed by atoms with van der Waals surface area (Å²) in [6, 6.07) is 4.28. The lowest BCUT2D eigenvalue weighted by molar-refractivity contribution is -0.423. The average Bonchev–Trinajstić information content (AvgIpc) is 2.44. The van der Waals surface area contributed by atoms with Gasteiger partial charge in [-0.1, -0.05) is 26.0 Å². The van der Waals surface area contributed by atoms with Crippen LogP contribution in [0.2, 0.25) is 0 Å². The molecular weight excluding hydrogens is 274 g/mol. The third-order valence-electron chi connectivity index (χ3n) is 3.25. The van der Waals surface area contributed by atoms with E-state index >= 15 is 0 Å². The zero-order valence-electron chi connectivity index (χ0n) is 12.4. The zero-order chi connectivity index (χ0) is 15.8. The van der Waals surface area contributed by atoms with Gasteiger partial charge >= 0.3 is 11.4 Å². The van der Waals surface area contributed by atoms with E-state index in [0.29, 0.717) is 18.5 Å². The van der Waals surface area contributed by atoms with Crippen molar-refractivity contribution >= 4 is 11.4 Å². The number of para-hydroxylation sites is 1. The van der Waals surface area contributed by atoms with Gasteiger partial charge in [0.05, 0.1) is 9.85 Å². The van der Waals surface area contributed by atoms with Gasteiger partial charge in [-0.25, -0.2) is 0 Å². The maximum Gasteiger partial charge on any atom is 0.349 e. The van der Waals surface area contributed by atoms with E-state index < -0.39 is 15.5 Å². The summed E-state index contributed by atoms with van der Waals surface area (Å²) < 4.78 is 0. The Morgan fingerprint density at radius 2 is 1.62 bits per heavy atom. The van der Waals surface area contributed by atoms with Crippen molar-refractivity contribution in [3.8, 4) is 0 Å². The molecule has 0 spiro atoms. The van der Waals surface area contributed by atoms with Crippen molar-refractivity contribution in [2.75, 3.05) is 19.6 Å². The standard InChI is InChI=1S/C14H21N3O4/c1-3-9-15(10-4-2)11-8-12-6-5-7-13(16(18)19)14(12)17(20)21/h5-7H,3-4,8-11H2,1-2H3. The minimum Gasteiger partial charge on any atom is -0.303 e. The van der Waals surface area contributed by atoms with Gasteiger partial charge in [-0.2, -0.15) is 0 Å². The van der Waals surface area contributed by atoms with Gasteiger partial charge in [-0.05, 0) is 32.4 Å². The van der Waals surface area contributed by atoms with Crippen LogP contribution in [0.4, 0.5) is 11.4 Å². The maximum absolute atomic E-state index is 11.1. The molecule has 1 rings (SSSR count). The van der Waals surface area contributed by atoms with E-state index in [1.165, 1.54) is 12.1 Å². The third-order valence-corrected chi connectivity index (χ3v) is 3.25. The summed E-state index contributed by atoms with van der Waals surface area (Å²) in [5, 5.41) is 22.0. The lowest BCUT2D eigenvalue weighted by Gasteiger charge is -2.20. The second-order valence-electron chi connectivity index (χ2n) is 4.89. The Labute approximate surface area is 123 Å². The second kappa shape index (κ2) is 8.31. The predicted molar refractivity (Wildman–Crippen MR) is 80.5 cm³/mol. The Hall–Kier alpha value is -2.02. The molecular formula is C14H21N3O4. The molecule has 0 aromatic heterocycles. The molecule has 1 aromatic carbocycles. The zero-order valence-corrected chi connectivity index (χ0v) is 12.4. The Balaban J connectivity index is 2.94. The van der Waals surface area contributed by atoms with Crippen LogP contribution in [-0.2, 0) is 6.42 Å². The van der Waals surface area contributed by atoms with Gasteiger partial charge in [-0.3, -0.25) is 20.2 Å². The summed E-state index contributed by atoms with van der Waals surface area (Å²) in [4.78, 5) is 22.9. The minimum atomic E-state index is -0.697. The highest BCUT2D eigenvalue weighted by Gasteiger charge is 2.27. The first-order chi connectivity index (χ1) is 10.0. The van der Waals surface area contributed by atoms with Crippen LogP contribution >= 0.6 is 0 Å². The van der Waals surface area contributed by atoms with Crippen molar-refractivity contribution in [1.29, 1.82) is 0 Å². The van der Waals surface area contributed by atoms with E-state index in [0.717, 1.165) is 25.9 Å². The van der Waals surface area contributed by atoms with Gasteiger partial charge in [0, 0.05) is 18.2 Å². The van der Waals surface area contributed by atoms with Crippen LogP contribution in [0, 0.1) is 20.2 Å². The lowest BCUT2D eigenvalue weighted by atomic mass is 10.1. The van der Waals surface area contributed by atoms with Gasteiger partial charge in [0.25, 0.3) is 0 Å².